The van der Waals surface area contributed by atoms with Gasteiger partial charge in [-0.05, 0) is 10.8 Å². The Labute approximate surface area is 104 Å². The fraction of sp³-hybridized carbons (Fsp3) is 0.273. The largest absolute Gasteiger partial charge is 0.444 e. The summed E-state index contributed by atoms with van der Waals surface area (Å²) in [6.07, 6.45) is 0.643. The lowest BCUT2D eigenvalue weighted by atomic mass is 10.1. The fourth-order valence-corrected chi connectivity index (χ4v) is 1.64. The number of carbonyl (C=O) groups is 1. The van der Waals surface area contributed by atoms with Gasteiger partial charge in [-0.2, -0.15) is 4.80 Å². The van der Waals surface area contributed by atoms with E-state index < -0.39 is 12.2 Å². The number of nitrogens with two attached hydrogens (primary N) is 1. The quantitative estimate of drug-likeness (QED) is 0.823. The van der Waals surface area contributed by atoms with Crippen LogP contribution in [0, 0.1) is 0 Å². The first-order valence-electron chi connectivity index (χ1n) is 5.45. The molecule has 7 heteroatoms. The summed E-state index contributed by atoms with van der Waals surface area (Å²) < 4.78 is 5.04. The van der Waals surface area contributed by atoms with E-state index >= 15 is 0 Å². The first-order chi connectivity index (χ1) is 8.74. The van der Waals surface area contributed by atoms with Crippen LogP contribution in [0.15, 0.2) is 36.7 Å². The molecular weight excluding hydrogens is 234 g/mol. The van der Waals surface area contributed by atoms with Crippen LogP contribution in [0.4, 0.5) is 4.79 Å². The molecule has 0 aliphatic heterocycles. The highest BCUT2D eigenvalue weighted by molar-refractivity contribution is 5.64. The SMILES string of the molecule is NC(=O)OC(Cc1ccccc1)Cn1ncnn1. The summed E-state index contributed by atoms with van der Waals surface area (Å²) in [5.74, 6) is 0. The number of tetrazole rings is 1. The minimum atomic E-state index is -0.809. The molecule has 7 nitrogen and oxygen atoms in total. The van der Waals surface area contributed by atoms with Crippen LogP contribution in [-0.2, 0) is 17.7 Å². The molecular formula is C11H13N5O2. The van der Waals surface area contributed by atoms with Gasteiger partial charge in [-0.3, -0.25) is 0 Å². The minimum Gasteiger partial charge on any atom is -0.444 e. The summed E-state index contributed by atoms with van der Waals surface area (Å²) in [5, 5.41) is 11.2. The number of aromatic nitrogens is 4. The van der Waals surface area contributed by atoms with E-state index in [1.54, 1.807) is 0 Å². The van der Waals surface area contributed by atoms with Crippen LogP contribution < -0.4 is 5.73 Å². The van der Waals surface area contributed by atoms with E-state index in [-0.39, 0.29) is 0 Å². The molecule has 0 spiro atoms. The maximum atomic E-state index is 10.9. The molecule has 0 aliphatic rings. The standard InChI is InChI=1S/C11H13N5O2/c12-11(17)18-10(7-16-14-8-13-15-16)6-9-4-2-1-3-5-9/h1-5,8,10H,6-7H2,(H2,12,17). The summed E-state index contributed by atoms with van der Waals surface area (Å²) in [6.45, 7) is 0.317. The van der Waals surface area contributed by atoms with Crippen LogP contribution >= 0.6 is 0 Å². The third kappa shape index (κ3) is 3.55. The molecule has 0 bridgehead atoms. The van der Waals surface area contributed by atoms with E-state index in [0.717, 1.165) is 5.56 Å². The van der Waals surface area contributed by atoms with Gasteiger partial charge in [0.05, 0.1) is 6.54 Å². The number of carbonyl (C=O) groups excluding carboxylic acids is 1. The van der Waals surface area contributed by atoms with E-state index in [1.807, 2.05) is 30.3 Å². The second-order valence-corrected chi connectivity index (χ2v) is 3.74. The van der Waals surface area contributed by atoms with Crippen LogP contribution in [0.5, 0.6) is 0 Å². The van der Waals surface area contributed by atoms with Crippen molar-refractivity contribution in [3.05, 3.63) is 42.2 Å². The topological polar surface area (TPSA) is 95.9 Å². The number of primary amides is 1. The molecule has 1 aromatic carbocycles. The van der Waals surface area contributed by atoms with Gasteiger partial charge >= 0.3 is 6.09 Å². The average Bonchev–Trinajstić information content (AvgIpc) is 2.82. The van der Waals surface area contributed by atoms with Gasteiger partial charge in [0.15, 0.2) is 6.33 Å². The van der Waals surface area contributed by atoms with Gasteiger partial charge in [0.1, 0.15) is 6.10 Å². The van der Waals surface area contributed by atoms with Gasteiger partial charge in [0.2, 0.25) is 0 Å². The molecule has 1 amide bonds. The van der Waals surface area contributed by atoms with Crippen LogP contribution in [0.25, 0.3) is 0 Å². The van der Waals surface area contributed by atoms with Gasteiger partial charge in [-0.15, -0.1) is 10.2 Å². The molecule has 1 heterocycles. The predicted molar refractivity (Wildman–Crippen MR) is 62.4 cm³/mol. The Hall–Kier alpha value is -2.44. The molecule has 0 fully saturated rings. The highest BCUT2D eigenvalue weighted by atomic mass is 16.6. The van der Waals surface area contributed by atoms with Crippen molar-refractivity contribution in [3.8, 4) is 0 Å². The molecule has 1 aromatic heterocycles. The first kappa shape index (κ1) is 12.0. The molecule has 2 aromatic rings. The number of hydrogen-bond acceptors (Lipinski definition) is 5. The Morgan fingerprint density at radius 2 is 2.17 bits per heavy atom. The lowest BCUT2D eigenvalue weighted by molar-refractivity contribution is 0.0902. The Morgan fingerprint density at radius 3 is 2.78 bits per heavy atom. The predicted octanol–water partition coefficient (Wildman–Crippen LogP) is 0.380. The second kappa shape index (κ2) is 5.76. The van der Waals surface area contributed by atoms with Crippen LogP contribution in [0.2, 0.25) is 0 Å². The third-order valence-corrected chi connectivity index (χ3v) is 2.35. The maximum Gasteiger partial charge on any atom is 0.404 e. The van der Waals surface area contributed by atoms with Crippen LogP contribution in [0.1, 0.15) is 5.56 Å². The second-order valence-electron chi connectivity index (χ2n) is 3.74. The summed E-state index contributed by atoms with van der Waals surface area (Å²) in [4.78, 5) is 12.2. The summed E-state index contributed by atoms with van der Waals surface area (Å²) in [7, 11) is 0. The van der Waals surface area contributed by atoms with E-state index in [0.29, 0.717) is 13.0 Å². The monoisotopic (exact) mass is 247 g/mol. The normalized spacial score (nSPS) is 12.0. The Balaban J connectivity index is 2.03. The van der Waals surface area contributed by atoms with Crippen molar-refractivity contribution in [2.45, 2.75) is 19.1 Å². The third-order valence-electron chi connectivity index (χ3n) is 2.35. The highest BCUT2D eigenvalue weighted by Gasteiger charge is 2.15. The van der Waals surface area contributed by atoms with E-state index in [9.17, 15) is 4.79 Å². The zero-order chi connectivity index (χ0) is 12.8. The van der Waals surface area contributed by atoms with Crippen molar-refractivity contribution in [3.63, 3.8) is 0 Å². The number of hydrogen-bond donors (Lipinski definition) is 1. The summed E-state index contributed by atoms with van der Waals surface area (Å²) in [5.41, 5.74) is 6.09. The zero-order valence-corrected chi connectivity index (χ0v) is 9.64. The van der Waals surface area contributed by atoms with Gasteiger partial charge in [-0.1, -0.05) is 30.3 Å². The van der Waals surface area contributed by atoms with Gasteiger partial charge in [0, 0.05) is 6.42 Å². The molecule has 0 saturated heterocycles. The average molecular weight is 247 g/mol. The van der Waals surface area contributed by atoms with Crippen LogP contribution in [0.3, 0.4) is 0 Å². The number of benzene rings is 1. The first-order valence-corrected chi connectivity index (χ1v) is 5.45. The molecule has 2 rings (SSSR count). The number of rotatable bonds is 5. The smallest absolute Gasteiger partial charge is 0.404 e. The van der Waals surface area contributed by atoms with Crippen molar-refractivity contribution in [1.29, 1.82) is 0 Å². The van der Waals surface area contributed by atoms with Crippen molar-refractivity contribution >= 4 is 6.09 Å². The molecule has 1 unspecified atom stereocenters. The van der Waals surface area contributed by atoms with Crippen molar-refractivity contribution in [2.75, 3.05) is 0 Å². The van der Waals surface area contributed by atoms with Crippen molar-refractivity contribution < 1.29 is 9.53 Å². The maximum absolute atomic E-state index is 10.9. The summed E-state index contributed by atoms with van der Waals surface area (Å²) in [6, 6.07) is 9.67. The Kier molecular flexibility index (Phi) is 3.85. The Bertz CT molecular complexity index is 485. The molecule has 2 N–H and O–H groups in total. The molecule has 18 heavy (non-hydrogen) atoms. The zero-order valence-electron chi connectivity index (χ0n) is 9.64. The van der Waals surface area contributed by atoms with Gasteiger partial charge < -0.3 is 10.5 Å². The van der Waals surface area contributed by atoms with Crippen molar-refractivity contribution in [2.24, 2.45) is 5.73 Å². The Morgan fingerprint density at radius 1 is 1.39 bits per heavy atom. The van der Waals surface area contributed by atoms with E-state index in [4.69, 9.17) is 10.5 Å². The number of ether oxygens (including phenoxy) is 1. The van der Waals surface area contributed by atoms with Crippen LogP contribution in [-0.4, -0.2) is 32.4 Å². The molecule has 94 valence electrons. The fourth-order valence-electron chi connectivity index (χ4n) is 1.64. The summed E-state index contributed by atoms with van der Waals surface area (Å²) >= 11 is 0. The number of amides is 1. The van der Waals surface area contributed by atoms with Gasteiger partial charge in [0.25, 0.3) is 0 Å². The van der Waals surface area contributed by atoms with Crippen molar-refractivity contribution in [1.82, 2.24) is 20.2 Å². The molecule has 0 saturated carbocycles. The highest BCUT2D eigenvalue weighted by Crippen LogP contribution is 2.07. The lowest BCUT2D eigenvalue weighted by Gasteiger charge is -2.15. The number of nitrogens with zero attached hydrogens (tertiary/aromatic N) is 4. The van der Waals surface area contributed by atoms with Gasteiger partial charge in [-0.25, -0.2) is 4.79 Å². The lowest BCUT2D eigenvalue weighted by Crippen LogP contribution is -2.29. The molecule has 0 radical (unpaired) electrons. The van der Waals surface area contributed by atoms with E-state index in [2.05, 4.69) is 15.4 Å². The van der Waals surface area contributed by atoms with E-state index in [1.165, 1.54) is 11.1 Å². The molecule has 1 atom stereocenters. The molecule has 0 aliphatic carbocycles. The minimum absolute atomic E-state index is 0.317.